The maximum absolute atomic E-state index is 12.5. The molecule has 0 spiro atoms. The van der Waals surface area contributed by atoms with Crippen LogP contribution in [0.1, 0.15) is 42.8 Å². The smallest absolute Gasteiger partial charge is 0.268 e. The summed E-state index contributed by atoms with van der Waals surface area (Å²) in [6.45, 7) is 4.98. The minimum absolute atomic E-state index is 0.0685. The van der Waals surface area contributed by atoms with Crippen molar-refractivity contribution in [1.29, 1.82) is 0 Å². The van der Waals surface area contributed by atoms with Crippen molar-refractivity contribution in [3.05, 3.63) is 4.88 Å². The molecule has 19 heavy (non-hydrogen) atoms. The highest BCUT2D eigenvalue weighted by Crippen LogP contribution is 2.39. The molecular weight excluding hydrogens is 260 g/mol. The first-order valence-electron chi connectivity index (χ1n) is 6.88. The zero-order valence-corrected chi connectivity index (χ0v) is 12.2. The SMILES string of the molecule is CC(C)Nc1nc(N)c(C(=O)N2CC3CCC2C3)s1. The monoisotopic (exact) mass is 280 g/mol. The Morgan fingerprint density at radius 3 is 2.89 bits per heavy atom. The number of anilines is 2. The molecule has 1 saturated heterocycles. The third-order valence-electron chi connectivity index (χ3n) is 3.93. The number of likely N-dealkylation sites (tertiary alicyclic amines) is 1. The second-order valence-electron chi connectivity index (χ2n) is 5.82. The van der Waals surface area contributed by atoms with Gasteiger partial charge in [-0.15, -0.1) is 0 Å². The van der Waals surface area contributed by atoms with Crippen LogP contribution in [0.2, 0.25) is 0 Å². The average molecular weight is 280 g/mol. The van der Waals surface area contributed by atoms with Crippen LogP contribution >= 0.6 is 11.3 Å². The fourth-order valence-corrected chi connectivity index (χ4v) is 4.08. The van der Waals surface area contributed by atoms with Crippen molar-refractivity contribution in [1.82, 2.24) is 9.88 Å². The van der Waals surface area contributed by atoms with Crippen LogP contribution in [0, 0.1) is 5.92 Å². The molecule has 2 unspecified atom stereocenters. The molecule has 3 rings (SSSR count). The molecule has 0 radical (unpaired) electrons. The van der Waals surface area contributed by atoms with Gasteiger partial charge in [0.15, 0.2) is 5.13 Å². The molecule has 0 aromatic carbocycles. The van der Waals surface area contributed by atoms with Gasteiger partial charge in [0.1, 0.15) is 10.7 Å². The molecule has 1 aliphatic carbocycles. The Hall–Kier alpha value is -1.30. The molecule has 104 valence electrons. The third-order valence-corrected chi connectivity index (χ3v) is 4.92. The largest absolute Gasteiger partial charge is 0.382 e. The predicted molar refractivity (Wildman–Crippen MR) is 77.5 cm³/mol. The number of piperidine rings is 1. The van der Waals surface area contributed by atoms with Gasteiger partial charge < -0.3 is 16.0 Å². The highest BCUT2D eigenvalue weighted by molar-refractivity contribution is 7.18. The van der Waals surface area contributed by atoms with Gasteiger partial charge in [-0.05, 0) is 39.0 Å². The number of rotatable bonds is 3. The van der Waals surface area contributed by atoms with Gasteiger partial charge in [-0.1, -0.05) is 11.3 Å². The third kappa shape index (κ3) is 2.29. The number of nitrogens with two attached hydrogens (primary N) is 1. The van der Waals surface area contributed by atoms with Gasteiger partial charge >= 0.3 is 0 Å². The number of fused-ring (bicyclic) bond motifs is 2. The molecule has 1 saturated carbocycles. The zero-order valence-electron chi connectivity index (χ0n) is 11.3. The Kier molecular flexibility index (Phi) is 3.12. The van der Waals surface area contributed by atoms with Crippen LogP contribution in [-0.2, 0) is 0 Å². The van der Waals surface area contributed by atoms with E-state index in [0.717, 1.165) is 18.1 Å². The number of amides is 1. The lowest BCUT2D eigenvalue weighted by Crippen LogP contribution is -2.37. The van der Waals surface area contributed by atoms with Crippen molar-refractivity contribution < 1.29 is 4.79 Å². The summed E-state index contributed by atoms with van der Waals surface area (Å²) in [6.07, 6.45) is 3.58. The van der Waals surface area contributed by atoms with Crippen LogP contribution in [0.3, 0.4) is 0 Å². The van der Waals surface area contributed by atoms with Crippen molar-refractivity contribution in [3.63, 3.8) is 0 Å². The van der Waals surface area contributed by atoms with E-state index in [1.165, 1.54) is 24.2 Å². The molecule has 5 nitrogen and oxygen atoms in total. The number of nitrogens with zero attached hydrogens (tertiary/aromatic N) is 2. The van der Waals surface area contributed by atoms with Crippen LogP contribution in [0.5, 0.6) is 0 Å². The van der Waals surface area contributed by atoms with E-state index in [0.29, 0.717) is 22.7 Å². The number of nitrogens with one attached hydrogen (secondary N) is 1. The molecule has 2 heterocycles. The van der Waals surface area contributed by atoms with E-state index in [-0.39, 0.29) is 11.9 Å². The Morgan fingerprint density at radius 2 is 2.32 bits per heavy atom. The van der Waals surface area contributed by atoms with Gasteiger partial charge in [0.25, 0.3) is 5.91 Å². The first-order valence-corrected chi connectivity index (χ1v) is 7.70. The van der Waals surface area contributed by atoms with E-state index in [1.807, 2.05) is 18.7 Å². The first kappa shape index (κ1) is 12.7. The molecule has 2 atom stereocenters. The fraction of sp³-hybridized carbons (Fsp3) is 0.692. The summed E-state index contributed by atoms with van der Waals surface area (Å²) in [4.78, 5) is 19.4. The summed E-state index contributed by atoms with van der Waals surface area (Å²) in [5.74, 6) is 1.14. The molecule has 2 bridgehead atoms. The molecule has 1 aromatic heterocycles. The van der Waals surface area contributed by atoms with Crippen molar-refractivity contribution in [2.24, 2.45) is 5.92 Å². The van der Waals surface area contributed by atoms with Crippen molar-refractivity contribution in [2.45, 2.75) is 45.2 Å². The Balaban J connectivity index is 1.78. The van der Waals surface area contributed by atoms with Gasteiger partial charge in [0, 0.05) is 18.6 Å². The van der Waals surface area contributed by atoms with Crippen molar-refractivity contribution in [3.8, 4) is 0 Å². The second-order valence-corrected chi connectivity index (χ2v) is 6.82. The molecule has 1 aromatic rings. The lowest BCUT2D eigenvalue weighted by molar-refractivity contribution is 0.0709. The number of carbonyl (C=O) groups is 1. The minimum atomic E-state index is 0.0685. The standard InChI is InChI=1S/C13H20N4OS/c1-7(2)15-13-16-11(14)10(19-13)12(18)17-6-8-3-4-9(17)5-8/h7-9H,3-6,14H2,1-2H3,(H,15,16). The van der Waals surface area contributed by atoms with Crippen LogP contribution in [0.25, 0.3) is 0 Å². The van der Waals surface area contributed by atoms with Gasteiger partial charge in [0.05, 0.1) is 0 Å². The summed E-state index contributed by atoms with van der Waals surface area (Å²) < 4.78 is 0. The Labute approximate surface area is 117 Å². The highest BCUT2D eigenvalue weighted by atomic mass is 32.1. The van der Waals surface area contributed by atoms with E-state index in [2.05, 4.69) is 10.3 Å². The van der Waals surface area contributed by atoms with Gasteiger partial charge in [-0.2, -0.15) is 0 Å². The number of nitrogen functional groups attached to an aromatic ring is 1. The molecule has 1 aliphatic heterocycles. The summed E-state index contributed by atoms with van der Waals surface area (Å²) in [5, 5.41) is 3.94. The van der Waals surface area contributed by atoms with E-state index >= 15 is 0 Å². The van der Waals surface area contributed by atoms with Crippen LogP contribution < -0.4 is 11.1 Å². The molecule has 2 aliphatic rings. The topological polar surface area (TPSA) is 71.2 Å². The van der Waals surface area contributed by atoms with Crippen LogP contribution in [-0.4, -0.2) is 34.4 Å². The number of hydrogen-bond donors (Lipinski definition) is 2. The number of aromatic nitrogens is 1. The summed E-state index contributed by atoms with van der Waals surface area (Å²) in [7, 11) is 0. The highest BCUT2D eigenvalue weighted by Gasteiger charge is 2.41. The normalized spacial score (nSPS) is 25.3. The minimum Gasteiger partial charge on any atom is -0.382 e. The molecule has 1 amide bonds. The maximum Gasteiger partial charge on any atom is 0.268 e. The molecule has 3 N–H and O–H groups in total. The quantitative estimate of drug-likeness (QED) is 0.890. The molecule has 6 heteroatoms. The first-order chi connectivity index (χ1) is 9.04. The summed E-state index contributed by atoms with van der Waals surface area (Å²) >= 11 is 1.37. The predicted octanol–water partition coefficient (Wildman–Crippen LogP) is 2.17. The van der Waals surface area contributed by atoms with Gasteiger partial charge in [-0.25, -0.2) is 4.98 Å². The fourth-order valence-electron chi connectivity index (χ4n) is 3.10. The Bertz CT molecular complexity index is 499. The van der Waals surface area contributed by atoms with Crippen LogP contribution in [0.15, 0.2) is 0 Å². The van der Waals surface area contributed by atoms with Gasteiger partial charge in [0.2, 0.25) is 0 Å². The van der Waals surface area contributed by atoms with Gasteiger partial charge in [-0.3, -0.25) is 4.79 Å². The summed E-state index contributed by atoms with van der Waals surface area (Å²) in [5.41, 5.74) is 5.90. The van der Waals surface area contributed by atoms with E-state index < -0.39 is 0 Å². The summed E-state index contributed by atoms with van der Waals surface area (Å²) in [6, 6.07) is 0.719. The van der Waals surface area contributed by atoms with Crippen molar-refractivity contribution >= 4 is 28.2 Å². The van der Waals surface area contributed by atoms with E-state index in [9.17, 15) is 4.79 Å². The van der Waals surface area contributed by atoms with E-state index in [4.69, 9.17) is 5.73 Å². The molecule has 2 fully saturated rings. The maximum atomic E-state index is 12.5. The lowest BCUT2D eigenvalue weighted by atomic mass is 10.1. The number of thiazole rings is 1. The molecular formula is C13H20N4OS. The number of carbonyl (C=O) groups excluding carboxylic acids is 1. The Morgan fingerprint density at radius 1 is 1.53 bits per heavy atom. The van der Waals surface area contributed by atoms with Crippen LogP contribution in [0.4, 0.5) is 10.9 Å². The van der Waals surface area contributed by atoms with E-state index in [1.54, 1.807) is 0 Å². The lowest BCUT2D eigenvalue weighted by Gasteiger charge is -2.26. The van der Waals surface area contributed by atoms with Crippen molar-refractivity contribution in [2.75, 3.05) is 17.6 Å². The second kappa shape index (κ2) is 4.67. The zero-order chi connectivity index (χ0) is 13.6. The number of hydrogen-bond acceptors (Lipinski definition) is 5. The average Bonchev–Trinajstić information content (AvgIpc) is 3.02.